The second kappa shape index (κ2) is 9.03. The van der Waals surface area contributed by atoms with E-state index < -0.39 is 10.0 Å². The van der Waals surface area contributed by atoms with Gasteiger partial charge in [-0.1, -0.05) is 13.3 Å². The molecule has 0 aromatic heterocycles. The van der Waals surface area contributed by atoms with Gasteiger partial charge in [0.25, 0.3) is 5.91 Å². The van der Waals surface area contributed by atoms with Crippen molar-refractivity contribution in [3.8, 4) is 0 Å². The van der Waals surface area contributed by atoms with Crippen LogP contribution in [0.2, 0.25) is 0 Å². The third kappa shape index (κ3) is 6.01. The van der Waals surface area contributed by atoms with Gasteiger partial charge in [0.2, 0.25) is 10.0 Å². The molecule has 27 heavy (non-hydrogen) atoms. The predicted molar refractivity (Wildman–Crippen MR) is 109 cm³/mol. The van der Waals surface area contributed by atoms with E-state index in [1.54, 1.807) is 6.07 Å². The van der Waals surface area contributed by atoms with E-state index in [1.165, 1.54) is 31.4 Å². The Morgan fingerprint density at radius 1 is 1.26 bits per heavy atom. The molecule has 1 amide bonds. The van der Waals surface area contributed by atoms with Gasteiger partial charge in [-0.25, -0.2) is 13.1 Å². The fraction of sp³-hybridized carbons (Fsp3) is 0.632. The maximum absolute atomic E-state index is 12.6. The number of benzene rings is 1. The molecule has 1 saturated carbocycles. The summed E-state index contributed by atoms with van der Waals surface area (Å²) in [6.45, 7) is 5.94. The molecule has 1 atom stereocenters. The summed E-state index contributed by atoms with van der Waals surface area (Å²) in [5.41, 5.74) is 0.346. The minimum atomic E-state index is -3.58. The van der Waals surface area contributed by atoms with Crippen LogP contribution < -0.4 is 10.0 Å². The number of carbonyl (C=O) groups is 1. The number of sulfonamides is 1. The van der Waals surface area contributed by atoms with Crippen LogP contribution in [0, 0.1) is 5.92 Å². The molecule has 6 nitrogen and oxygen atoms in total. The van der Waals surface area contributed by atoms with Crippen LogP contribution in [0.5, 0.6) is 0 Å². The maximum atomic E-state index is 12.6. The topological polar surface area (TPSA) is 78.5 Å². The van der Waals surface area contributed by atoms with Crippen LogP contribution in [0.3, 0.4) is 0 Å². The standard InChI is InChI=1S/C19H28BrN3O3S/c1-14(13-23-9-3-2-4-10-23)12-21-19(24)17-11-16(7-8-18(17)20)27(25,26)22-15-5-6-15/h7-8,11,14-15,22H,2-6,9-10,12-13H2,1H3,(H,21,24). The van der Waals surface area contributed by atoms with Crippen LogP contribution in [0.1, 0.15) is 49.4 Å². The number of nitrogens with one attached hydrogen (secondary N) is 2. The molecular weight excluding hydrogens is 430 g/mol. The Morgan fingerprint density at radius 2 is 1.96 bits per heavy atom. The number of piperidine rings is 1. The van der Waals surface area contributed by atoms with Gasteiger partial charge in [-0.15, -0.1) is 0 Å². The normalized spacial score (nSPS) is 19.6. The molecule has 1 aliphatic carbocycles. The van der Waals surface area contributed by atoms with Crippen molar-refractivity contribution in [2.45, 2.75) is 50.0 Å². The van der Waals surface area contributed by atoms with Gasteiger partial charge in [-0.2, -0.15) is 0 Å². The summed E-state index contributed by atoms with van der Waals surface area (Å²) in [5, 5.41) is 2.95. The lowest BCUT2D eigenvalue weighted by Crippen LogP contribution is -2.38. The molecule has 2 N–H and O–H groups in total. The molecule has 1 heterocycles. The molecule has 150 valence electrons. The minimum Gasteiger partial charge on any atom is -0.352 e. The number of rotatable bonds is 8. The SMILES string of the molecule is CC(CNC(=O)c1cc(S(=O)(=O)NC2CC2)ccc1Br)CN1CCCCC1. The lowest BCUT2D eigenvalue weighted by atomic mass is 10.1. The minimum absolute atomic E-state index is 0.0339. The Hall–Kier alpha value is -0.960. The van der Waals surface area contributed by atoms with Crippen molar-refractivity contribution < 1.29 is 13.2 Å². The molecule has 0 spiro atoms. The van der Waals surface area contributed by atoms with Gasteiger partial charge in [0.05, 0.1) is 10.5 Å². The van der Waals surface area contributed by atoms with Crippen molar-refractivity contribution in [3.63, 3.8) is 0 Å². The number of hydrogen-bond acceptors (Lipinski definition) is 4. The van der Waals surface area contributed by atoms with Gasteiger partial charge in [-0.3, -0.25) is 4.79 Å². The van der Waals surface area contributed by atoms with E-state index in [4.69, 9.17) is 0 Å². The molecule has 1 unspecified atom stereocenters. The van der Waals surface area contributed by atoms with Crippen molar-refractivity contribution in [1.29, 1.82) is 0 Å². The predicted octanol–water partition coefficient (Wildman–Crippen LogP) is 2.74. The number of hydrogen-bond donors (Lipinski definition) is 2. The summed E-state index contributed by atoms with van der Waals surface area (Å²) in [5.74, 6) is 0.0881. The molecule has 1 aliphatic heterocycles. The highest BCUT2D eigenvalue weighted by Crippen LogP contribution is 2.25. The highest BCUT2D eigenvalue weighted by molar-refractivity contribution is 9.10. The second-order valence-electron chi connectivity index (χ2n) is 7.71. The molecule has 8 heteroatoms. The second-order valence-corrected chi connectivity index (χ2v) is 10.3. The summed E-state index contributed by atoms with van der Waals surface area (Å²) in [6.07, 6.45) is 5.56. The van der Waals surface area contributed by atoms with Gasteiger partial charge in [0, 0.05) is 23.6 Å². The van der Waals surface area contributed by atoms with Gasteiger partial charge >= 0.3 is 0 Å². The molecular formula is C19H28BrN3O3S. The molecule has 1 aromatic rings. The lowest BCUT2D eigenvalue weighted by molar-refractivity contribution is 0.0941. The fourth-order valence-corrected chi connectivity index (χ4v) is 5.10. The van der Waals surface area contributed by atoms with Crippen molar-refractivity contribution in [2.24, 2.45) is 5.92 Å². The van der Waals surface area contributed by atoms with Gasteiger partial charge in [-0.05, 0) is 78.8 Å². The molecule has 0 radical (unpaired) electrons. The number of carbonyl (C=O) groups excluding carboxylic acids is 1. The van der Waals surface area contributed by atoms with Crippen LogP contribution in [-0.4, -0.2) is 51.4 Å². The van der Waals surface area contributed by atoms with Gasteiger partial charge in [0.1, 0.15) is 0 Å². The number of amides is 1. The maximum Gasteiger partial charge on any atom is 0.252 e. The molecule has 2 aliphatic rings. The zero-order chi connectivity index (χ0) is 19.4. The molecule has 3 rings (SSSR count). The first-order chi connectivity index (χ1) is 12.8. The monoisotopic (exact) mass is 457 g/mol. The Morgan fingerprint density at radius 3 is 2.63 bits per heavy atom. The third-order valence-electron chi connectivity index (χ3n) is 5.02. The molecule has 1 saturated heterocycles. The lowest BCUT2D eigenvalue weighted by Gasteiger charge is -2.29. The smallest absolute Gasteiger partial charge is 0.252 e. The van der Waals surface area contributed by atoms with Crippen molar-refractivity contribution in [1.82, 2.24) is 14.9 Å². The van der Waals surface area contributed by atoms with Gasteiger partial charge in [0.15, 0.2) is 0 Å². The van der Waals surface area contributed by atoms with Crippen LogP contribution in [0.25, 0.3) is 0 Å². The summed E-state index contributed by atoms with van der Waals surface area (Å²) in [4.78, 5) is 15.2. The number of likely N-dealkylation sites (tertiary alicyclic amines) is 1. The summed E-state index contributed by atoms with van der Waals surface area (Å²) >= 11 is 3.36. The summed E-state index contributed by atoms with van der Waals surface area (Å²) in [7, 11) is -3.58. The average molecular weight is 458 g/mol. The van der Waals surface area contributed by atoms with E-state index in [2.05, 4.69) is 37.8 Å². The third-order valence-corrected chi connectivity index (χ3v) is 7.23. The van der Waals surface area contributed by atoms with Crippen molar-refractivity contribution in [2.75, 3.05) is 26.2 Å². The summed E-state index contributed by atoms with van der Waals surface area (Å²) < 4.78 is 28.0. The fourth-order valence-electron chi connectivity index (χ4n) is 3.34. The van der Waals surface area contributed by atoms with Crippen molar-refractivity contribution in [3.05, 3.63) is 28.2 Å². The Balaban J connectivity index is 1.59. The van der Waals surface area contributed by atoms with Crippen LogP contribution in [-0.2, 0) is 10.0 Å². The Bertz CT molecular complexity index is 774. The Kier molecular flexibility index (Phi) is 6.94. The van der Waals surface area contributed by atoms with E-state index in [1.807, 2.05) is 0 Å². The van der Waals surface area contributed by atoms with Crippen LogP contribution in [0.4, 0.5) is 0 Å². The number of nitrogens with zero attached hydrogens (tertiary/aromatic N) is 1. The van der Waals surface area contributed by atoms with E-state index in [9.17, 15) is 13.2 Å². The zero-order valence-corrected chi connectivity index (χ0v) is 18.1. The number of halogens is 1. The average Bonchev–Trinajstić information content (AvgIpc) is 3.44. The first kappa shape index (κ1) is 20.8. The van der Waals surface area contributed by atoms with Gasteiger partial charge < -0.3 is 10.2 Å². The largest absolute Gasteiger partial charge is 0.352 e. The van der Waals surface area contributed by atoms with Crippen LogP contribution in [0.15, 0.2) is 27.6 Å². The molecule has 1 aromatic carbocycles. The van der Waals surface area contributed by atoms with E-state index in [0.29, 0.717) is 22.5 Å². The zero-order valence-electron chi connectivity index (χ0n) is 15.7. The highest BCUT2D eigenvalue weighted by atomic mass is 79.9. The summed E-state index contributed by atoms with van der Waals surface area (Å²) in [6, 6.07) is 4.61. The van der Waals surface area contributed by atoms with E-state index >= 15 is 0 Å². The van der Waals surface area contributed by atoms with E-state index in [0.717, 1.165) is 32.5 Å². The van der Waals surface area contributed by atoms with Crippen LogP contribution >= 0.6 is 15.9 Å². The first-order valence-electron chi connectivity index (χ1n) is 9.67. The Labute approximate surface area is 170 Å². The molecule has 0 bridgehead atoms. The highest BCUT2D eigenvalue weighted by Gasteiger charge is 2.28. The first-order valence-corrected chi connectivity index (χ1v) is 12.0. The molecule has 2 fully saturated rings. The quantitative estimate of drug-likeness (QED) is 0.628. The van der Waals surface area contributed by atoms with Crippen molar-refractivity contribution >= 4 is 31.9 Å². The van der Waals surface area contributed by atoms with E-state index in [-0.39, 0.29) is 16.8 Å².